The lowest BCUT2D eigenvalue weighted by atomic mass is 10.1. The number of fused-ring (bicyclic) bond motifs is 1. The number of sulfonamides is 1. The summed E-state index contributed by atoms with van der Waals surface area (Å²) in [5.41, 5.74) is 2.82. The zero-order valence-electron chi connectivity index (χ0n) is 16.5. The van der Waals surface area contributed by atoms with E-state index in [1.165, 1.54) is 47.9 Å². The molecular formula is C22H17N3O6S. The van der Waals surface area contributed by atoms with Crippen LogP contribution in [-0.4, -0.2) is 35.7 Å². The van der Waals surface area contributed by atoms with Gasteiger partial charge in [0.05, 0.1) is 12.1 Å². The molecule has 0 saturated heterocycles. The van der Waals surface area contributed by atoms with Crippen LogP contribution in [0, 0.1) is 0 Å². The predicted octanol–water partition coefficient (Wildman–Crippen LogP) is 2.40. The molecule has 162 valence electrons. The third-order valence-electron chi connectivity index (χ3n) is 4.94. The van der Waals surface area contributed by atoms with Gasteiger partial charge in [-0.3, -0.25) is 19.6 Å². The van der Waals surface area contributed by atoms with Gasteiger partial charge in [0, 0.05) is 16.8 Å². The Morgan fingerprint density at radius 3 is 2.19 bits per heavy atom. The molecule has 0 spiro atoms. The molecule has 0 radical (unpaired) electrons. The van der Waals surface area contributed by atoms with Gasteiger partial charge >= 0.3 is 0 Å². The van der Waals surface area contributed by atoms with Crippen molar-refractivity contribution >= 4 is 33.4 Å². The standard InChI is InChI=1S/C22H17N3O6S/c26-20(15-4-2-1-3-5-15)23-17-10-11-18-19(12-17)32(30,31)25(22(18)28)13-14-6-8-16(9-7-14)21(27)24-29/h1-12,29H,13H2,(H,23,26)(H,24,27). The van der Waals surface area contributed by atoms with Gasteiger partial charge in [0.1, 0.15) is 4.90 Å². The number of carbonyl (C=O) groups is 3. The fourth-order valence-corrected chi connectivity index (χ4v) is 4.88. The van der Waals surface area contributed by atoms with Gasteiger partial charge in [-0.25, -0.2) is 18.2 Å². The Bertz CT molecular complexity index is 1320. The minimum atomic E-state index is -4.13. The fourth-order valence-electron chi connectivity index (χ4n) is 3.29. The number of hydrogen-bond acceptors (Lipinski definition) is 6. The number of anilines is 1. The van der Waals surface area contributed by atoms with Crippen molar-refractivity contribution in [3.05, 3.63) is 95.1 Å². The molecule has 0 aliphatic carbocycles. The van der Waals surface area contributed by atoms with Crippen molar-refractivity contribution in [3.63, 3.8) is 0 Å². The number of hydrogen-bond donors (Lipinski definition) is 3. The van der Waals surface area contributed by atoms with Crippen LogP contribution in [0.4, 0.5) is 5.69 Å². The maximum atomic E-state index is 13.0. The van der Waals surface area contributed by atoms with E-state index in [1.54, 1.807) is 30.3 Å². The first-order chi connectivity index (χ1) is 15.3. The smallest absolute Gasteiger partial charge is 0.274 e. The molecule has 1 aliphatic heterocycles. The fraction of sp³-hybridized carbons (Fsp3) is 0.0455. The highest BCUT2D eigenvalue weighted by Gasteiger charge is 2.41. The summed E-state index contributed by atoms with van der Waals surface area (Å²) in [7, 11) is -4.13. The number of nitrogens with zero attached hydrogens (tertiary/aromatic N) is 1. The Kier molecular flexibility index (Phi) is 5.47. The number of amides is 3. The molecule has 3 N–H and O–H groups in total. The Morgan fingerprint density at radius 2 is 1.53 bits per heavy atom. The number of hydroxylamine groups is 1. The Labute approximate surface area is 183 Å². The summed E-state index contributed by atoms with van der Waals surface area (Å²) < 4.78 is 26.8. The lowest BCUT2D eigenvalue weighted by Gasteiger charge is -2.15. The maximum absolute atomic E-state index is 13.0. The molecule has 3 aromatic rings. The van der Waals surface area contributed by atoms with Crippen LogP contribution in [0.25, 0.3) is 0 Å². The number of rotatable bonds is 5. The van der Waals surface area contributed by atoms with Gasteiger partial charge in [0.2, 0.25) is 0 Å². The third kappa shape index (κ3) is 3.84. The van der Waals surface area contributed by atoms with E-state index in [2.05, 4.69) is 5.32 Å². The Morgan fingerprint density at radius 1 is 0.875 bits per heavy atom. The SMILES string of the molecule is O=C(NO)c1ccc(CN2C(=O)c3ccc(NC(=O)c4ccccc4)cc3S2(=O)=O)cc1. The highest BCUT2D eigenvalue weighted by molar-refractivity contribution is 7.90. The number of benzene rings is 3. The van der Waals surface area contributed by atoms with Gasteiger partial charge in [-0.2, -0.15) is 0 Å². The average Bonchev–Trinajstić information content (AvgIpc) is 3.00. The molecule has 9 nitrogen and oxygen atoms in total. The molecule has 32 heavy (non-hydrogen) atoms. The molecular weight excluding hydrogens is 434 g/mol. The van der Waals surface area contributed by atoms with Crippen molar-refractivity contribution in [1.82, 2.24) is 9.79 Å². The van der Waals surface area contributed by atoms with Crippen molar-refractivity contribution < 1.29 is 28.0 Å². The van der Waals surface area contributed by atoms with E-state index < -0.39 is 27.7 Å². The molecule has 0 bridgehead atoms. The summed E-state index contributed by atoms with van der Waals surface area (Å²) in [5, 5.41) is 11.3. The normalized spacial score (nSPS) is 14.0. The largest absolute Gasteiger partial charge is 0.322 e. The summed E-state index contributed by atoms with van der Waals surface area (Å²) >= 11 is 0. The number of nitrogens with one attached hydrogen (secondary N) is 2. The summed E-state index contributed by atoms with van der Waals surface area (Å²) in [6.45, 7) is -0.234. The van der Waals surface area contributed by atoms with E-state index in [0.29, 0.717) is 11.1 Å². The minimum Gasteiger partial charge on any atom is -0.322 e. The lowest BCUT2D eigenvalue weighted by molar-refractivity contribution is 0.0706. The van der Waals surface area contributed by atoms with Gasteiger partial charge < -0.3 is 5.32 Å². The van der Waals surface area contributed by atoms with Crippen molar-refractivity contribution in [2.45, 2.75) is 11.4 Å². The van der Waals surface area contributed by atoms with Gasteiger partial charge in [-0.15, -0.1) is 0 Å². The van der Waals surface area contributed by atoms with Gasteiger partial charge in [0.15, 0.2) is 0 Å². The van der Waals surface area contributed by atoms with Gasteiger partial charge in [-0.1, -0.05) is 30.3 Å². The van der Waals surface area contributed by atoms with Crippen molar-refractivity contribution in [2.75, 3.05) is 5.32 Å². The third-order valence-corrected chi connectivity index (χ3v) is 6.71. The molecule has 3 aromatic carbocycles. The van der Waals surface area contributed by atoms with Crippen LogP contribution in [0.2, 0.25) is 0 Å². The molecule has 0 atom stereocenters. The second-order valence-electron chi connectivity index (χ2n) is 6.99. The second kappa shape index (κ2) is 8.25. The molecule has 1 aliphatic rings. The Balaban J connectivity index is 1.57. The topological polar surface area (TPSA) is 133 Å². The van der Waals surface area contributed by atoms with Crippen LogP contribution >= 0.6 is 0 Å². The molecule has 1 heterocycles. The van der Waals surface area contributed by atoms with Gasteiger partial charge in [0.25, 0.3) is 27.7 Å². The van der Waals surface area contributed by atoms with Crippen LogP contribution < -0.4 is 10.8 Å². The van der Waals surface area contributed by atoms with Crippen LogP contribution in [0.5, 0.6) is 0 Å². The molecule has 0 saturated carbocycles. The first kappa shape index (κ1) is 21.2. The van der Waals surface area contributed by atoms with E-state index in [1.807, 2.05) is 0 Å². The van der Waals surface area contributed by atoms with Crippen LogP contribution in [0.15, 0.2) is 77.7 Å². The van der Waals surface area contributed by atoms with E-state index in [-0.39, 0.29) is 28.3 Å². The molecule has 3 amide bonds. The molecule has 0 aromatic heterocycles. The van der Waals surface area contributed by atoms with Crippen LogP contribution in [0.1, 0.15) is 36.6 Å². The molecule has 0 unspecified atom stereocenters. The van der Waals surface area contributed by atoms with E-state index in [9.17, 15) is 22.8 Å². The quantitative estimate of drug-likeness (QED) is 0.403. The molecule has 0 fully saturated rings. The van der Waals surface area contributed by atoms with E-state index in [4.69, 9.17) is 5.21 Å². The maximum Gasteiger partial charge on any atom is 0.274 e. The Hall–Kier alpha value is -4.02. The van der Waals surface area contributed by atoms with Crippen molar-refractivity contribution in [3.8, 4) is 0 Å². The summed E-state index contributed by atoms with van der Waals surface area (Å²) in [6.07, 6.45) is 0. The van der Waals surface area contributed by atoms with Crippen molar-refractivity contribution in [2.24, 2.45) is 0 Å². The highest BCUT2D eigenvalue weighted by Crippen LogP contribution is 2.33. The molecule has 10 heteroatoms. The van der Waals surface area contributed by atoms with Crippen LogP contribution in [0.3, 0.4) is 0 Å². The summed E-state index contributed by atoms with van der Waals surface area (Å²) in [4.78, 5) is 36.3. The minimum absolute atomic E-state index is 0.0130. The highest BCUT2D eigenvalue weighted by atomic mass is 32.2. The predicted molar refractivity (Wildman–Crippen MR) is 114 cm³/mol. The number of carbonyl (C=O) groups excluding carboxylic acids is 3. The first-order valence-corrected chi connectivity index (χ1v) is 10.9. The summed E-state index contributed by atoms with van der Waals surface area (Å²) in [5.74, 6) is -1.80. The summed E-state index contributed by atoms with van der Waals surface area (Å²) in [6, 6.07) is 18.3. The molecule has 4 rings (SSSR count). The van der Waals surface area contributed by atoms with Crippen LogP contribution in [-0.2, 0) is 16.6 Å². The zero-order valence-corrected chi connectivity index (χ0v) is 17.3. The monoisotopic (exact) mass is 451 g/mol. The van der Waals surface area contributed by atoms with Gasteiger partial charge in [-0.05, 0) is 48.0 Å². The second-order valence-corrected chi connectivity index (χ2v) is 8.82. The van der Waals surface area contributed by atoms with Crippen molar-refractivity contribution in [1.29, 1.82) is 0 Å². The van der Waals surface area contributed by atoms with E-state index >= 15 is 0 Å². The first-order valence-electron chi connectivity index (χ1n) is 9.42. The lowest BCUT2D eigenvalue weighted by Crippen LogP contribution is -2.29. The van der Waals surface area contributed by atoms with E-state index in [0.717, 1.165) is 4.31 Å². The zero-order chi connectivity index (χ0) is 22.9. The average molecular weight is 451 g/mol.